The zero-order chi connectivity index (χ0) is 17.4. The summed E-state index contributed by atoms with van der Waals surface area (Å²) >= 11 is 0. The van der Waals surface area contributed by atoms with Gasteiger partial charge < -0.3 is 19.1 Å². The van der Waals surface area contributed by atoms with Crippen LogP contribution in [0.2, 0.25) is 0 Å². The molecule has 0 spiro atoms. The Labute approximate surface area is 148 Å². The van der Waals surface area contributed by atoms with Crippen molar-refractivity contribution in [3.63, 3.8) is 0 Å². The van der Waals surface area contributed by atoms with Crippen LogP contribution in [-0.2, 0) is 6.42 Å². The monoisotopic (exact) mass is 342 g/mol. The van der Waals surface area contributed by atoms with E-state index in [1.165, 1.54) is 5.56 Å². The predicted molar refractivity (Wildman–Crippen MR) is 94.3 cm³/mol. The fraction of sp³-hybridized carbons (Fsp3) is 0.550. The number of nitrogens with zero attached hydrogens (tertiary/aromatic N) is 1. The van der Waals surface area contributed by atoms with E-state index in [0.717, 1.165) is 44.5 Å². The Bertz CT molecular complexity index is 724. The first kappa shape index (κ1) is 16.5. The second-order valence-corrected chi connectivity index (χ2v) is 8.11. The number of piperidine rings is 1. The highest BCUT2D eigenvalue weighted by Crippen LogP contribution is 2.41. The van der Waals surface area contributed by atoms with Crippen LogP contribution in [-0.4, -0.2) is 29.9 Å². The minimum atomic E-state index is -0.000583. The van der Waals surface area contributed by atoms with Gasteiger partial charge in [-0.2, -0.15) is 0 Å². The number of carbonyl (C=O) groups is 1. The molecule has 1 fully saturated rings. The average Bonchev–Trinajstić information content (AvgIpc) is 3.25. The van der Waals surface area contributed by atoms with Gasteiger partial charge in [0.1, 0.15) is 5.76 Å². The Hall–Kier alpha value is -2.01. The molecular formula is C20H26N2O3. The molecule has 0 radical (unpaired) electrons. The van der Waals surface area contributed by atoms with E-state index in [9.17, 15) is 4.79 Å². The summed E-state index contributed by atoms with van der Waals surface area (Å²) in [7, 11) is 0. The first-order valence-corrected chi connectivity index (χ1v) is 9.17. The first-order valence-electron chi connectivity index (χ1n) is 9.17. The van der Waals surface area contributed by atoms with E-state index in [4.69, 9.17) is 8.83 Å². The lowest BCUT2D eigenvalue weighted by Crippen LogP contribution is -2.47. The van der Waals surface area contributed by atoms with Gasteiger partial charge in [0.25, 0.3) is 5.91 Å². The molecule has 5 heteroatoms. The van der Waals surface area contributed by atoms with Crippen LogP contribution in [0.25, 0.3) is 0 Å². The molecule has 3 heterocycles. The number of rotatable bonds is 3. The van der Waals surface area contributed by atoms with E-state index in [2.05, 4.69) is 25.2 Å². The first-order chi connectivity index (χ1) is 12.0. The third-order valence-corrected chi connectivity index (χ3v) is 5.50. The molecule has 1 amide bonds. The second kappa shape index (κ2) is 6.37. The van der Waals surface area contributed by atoms with E-state index in [-0.39, 0.29) is 11.3 Å². The third kappa shape index (κ3) is 3.38. The molecule has 1 atom stereocenters. The lowest BCUT2D eigenvalue weighted by Gasteiger charge is -2.39. The van der Waals surface area contributed by atoms with Gasteiger partial charge in [-0.3, -0.25) is 4.79 Å². The van der Waals surface area contributed by atoms with Crippen LogP contribution in [0.4, 0.5) is 0 Å². The van der Waals surface area contributed by atoms with Crippen LogP contribution in [0.3, 0.4) is 0 Å². The van der Waals surface area contributed by atoms with Crippen molar-refractivity contribution in [3.8, 4) is 0 Å². The number of furan rings is 2. The number of carbonyl (C=O) groups excluding carboxylic acids is 1. The van der Waals surface area contributed by atoms with Crippen molar-refractivity contribution in [2.75, 3.05) is 13.1 Å². The van der Waals surface area contributed by atoms with Gasteiger partial charge in [0.05, 0.1) is 12.5 Å². The van der Waals surface area contributed by atoms with Crippen LogP contribution in [0, 0.1) is 5.41 Å². The maximum atomic E-state index is 12.4. The highest BCUT2D eigenvalue weighted by atomic mass is 16.3. The highest BCUT2D eigenvalue weighted by Gasteiger charge is 2.36. The molecule has 1 N–H and O–H groups in total. The normalized spacial score (nSPS) is 23.4. The van der Waals surface area contributed by atoms with Crippen molar-refractivity contribution < 1.29 is 13.6 Å². The molecule has 2 aromatic rings. The van der Waals surface area contributed by atoms with Crippen LogP contribution in [0.5, 0.6) is 0 Å². The molecule has 1 aliphatic heterocycles. The summed E-state index contributed by atoms with van der Waals surface area (Å²) in [5.74, 6) is 1.56. The maximum absolute atomic E-state index is 12.4. The average molecular weight is 342 g/mol. The molecule has 1 aliphatic carbocycles. The molecule has 1 unspecified atom stereocenters. The van der Waals surface area contributed by atoms with Gasteiger partial charge in [-0.05, 0) is 42.9 Å². The largest absolute Gasteiger partial charge is 0.469 e. The number of hydrogen-bond donors (Lipinski definition) is 1. The van der Waals surface area contributed by atoms with Crippen molar-refractivity contribution in [3.05, 3.63) is 47.8 Å². The molecule has 0 bridgehead atoms. The summed E-state index contributed by atoms with van der Waals surface area (Å²) in [6.45, 7) is 6.15. The predicted octanol–water partition coefficient (Wildman–Crippen LogP) is 3.78. The van der Waals surface area contributed by atoms with Crippen LogP contribution >= 0.6 is 0 Å². The fourth-order valence-corrected chi connectivity index (χ4v) is 4.21. The molecule has 134 valence electrons. The van der Waals surface area contributed by atoms with E-state index < -0.39 is 0 Å². The molecule has 1 saturated heterocycles. The van der Waals surface area contributed by atoms with Gasteiger partial charge in [-0.15, -0.1) is 0 Å². The van der Waals surface area contributed by atoms with Crippen molar-refractivity contribution in [2.24, 2.45) is 5.41 Å². The van der Waals surface area contributed by atoms with Gasteiger partial charge in [-0.1, -0.05) is 13.8 Å². The van der Waals surface area contributed by atoms with Crippen molar-refractivity contribution in [1.82, 2.24) is 10.2 Å². The lowest BCUT2D eigenvalue weighted by molar-refractivity contribution is 0.0666. The van der Waals surface area contributed by atoms with E-state index in [1.54, 1.807) is 18.4 Å². The SMILES string of the molecule is CC1(C)Cc2occc2C(NC2CCN(C(=O)c3ccco3)CC2)C1. The summed E-state index contributed by atoms with van der Waals surface area (Å²) < 4.78 is 10.9. The topological polar surface area (TPSA) is 58.6 Å². The quantitative estimate of drug-likeness (QED) is 0.922. The number of hydrogen-bond acceptors (Lipinski definition) is 4. The van der Waals surface area contributed by atoms with Gasteiger partial charge in [0.2, 0.25) is 0 Å². The Kier molecular flexibility index (Phi) is 4.20. The Morgan fingerprint density at radius 3 is 2.72 bits per heavy atom. The van der Waals surface area contributed by atoms with E-state index in [1.807, 2.05) is 11.2 Å². The number of fused-ring (bicyclic) bond motifs is 1. The molecule has 5 nitrogen and oxygen atoms in total. The fourth-order valence-electron chi connectivity index (χ4n) is 4.21. The van der Waals surface area contributed by atoms with Crippen molar-refractivity contribution in [1.29, 1.82) is 0 Å². The zero-order valence-corrected chi connectivity index (χ0v) is 15.0. The Morgan fingerprint density at radius 1 is 1.20 bits per heavy atom. The summed E-state index contributed by atoms with van der Waals surface area (Å²) in [5.41, 5.74) is 1.56. The molecular weight excluding hydrogens is 316 g/mol. The molecule has 0 aromatic carbocycles. The minimum Gasteiger partial charge on any atom is -0.469 e. The molecule has 25 heavy (non-hydrogen) atoms. The highest BCUT2D eigenvalue weighted by molar-refractivity contribution is 5.91. The summed E-state index contributed by atoms with van der Waals surface area (Å²) in [6, 6.07) is 6.38. The lowest BCUT2D eigenvalue weighted by atomic mass is 9.74. The van der Waals surface area contributed by atoms with E-state index >= 15 is 0 Å². The number of nitrogens with one attached hydrogen (secondary N) is 1. The van der Waals surface area contributed by atoms with E-state index in [0.29, 0.717) is 17.8 Å². The van der Waals surface area contributed by atoms with Crippen molar-refractivity contribution in [2.45, 2.75) is 51.6 Å². The molecule has 2 aromatic heterocycles. The van der Waals surface area contributed by atoms with Gasteiger partial charge in [-0.25, -0.2) is 0 Å². The molecule has 4 rings (SSSR count). The van der Waals surface area contributed by atoms with Gasteiger partial charge >= 0.3 is 0 Å². The zero-order valence-electron chi connectivity index (χ0n) is 15.0. The van der Waals surface area contributed by atoms with Crippen LogP contribution in [0.15, 0.2) is 39.6 Å². The maximum Gasteiger partial charge on any atom is 0.289 e. The second-order valence-electron chi connectivity index (χ2n) is 8.11. The molecule has 2 aliphatic rings. The van der Waals surface area contributed by atoms with Gasteiger partial charge in [0.15, 0.2) is 5.76 Å². The van der Waals surface area contributed by atoms with Crippen molar-refractivity contribution >= 4 is 5.91 Å². The van der Waals surface area contributed by atoms with Gasteiger partial charge in [0, 0.05) is 37.2 Å². The molecule has 0 saturated carbocycles. The number of likely N-dealkylation sites (tertiary alicyclic amines) is 1. The summed E-state index contributed by atoms with van der Waals surface area (Å²) in [5, 5.41) is 3.83. The third-order valence-electron chi connectivity index (χ3n) is 5.50. The summed E-state index contributed by atoms with van der Waals surface area (Å²) in [4.78, 5) is 14.3. The van der Waals surface area contributed by atoms with Crippen LogP contribution < -0.4 is 5.32 Å². The Balaban J connectivity index is 1.37. The standard InChI is InChI=1S/C20H26N2O3/c1-20(2)12-16(15-7-11-25-18(15)13-20)21-14-5-8-22(9-6-14)19(23)17-4-3-10-24-17/h3-4,7,10-11,14,16,21H,5-6,8-9,12-13H2,1-2H3. The smallest absolute Gasteiger partial charge is 0.289 e. The van der Waals surface area contributed by atoms with Crippen LogP contribution in [0.1, 0.15) is 61.0 Å². The Morgan fingerprint density at radius 2 is 2.00 bits per heavy atom. The minimum absolute atomic E-state index is 0.000583. The summed E-state index contributed by atoms with van der Waals surface area (Å²) in [6.07, 6.45) is 7.42. The number of amides is 1.